The molecule has 0 saturated carbocycles. The van der Waals surface area contributed by atoms with Crippen LogP contribution in [0, 0.1) is 5.82 Å². The van der Waals surface area contributed by atoms with Gasteiger partial charge >= 0.3 is 0 Å². The van der Waals surface area contributed by atoms with Crippen LogP contribution in [-0.4, -0.2) is 4.98 Å². The van der Waals surface area contributed by atoms with E-state index in [1.54, 1.807) is 18.3 Å². The van der Waals surface area contributed by atoms with Crippen LogP contribution in [-0.2, 0) is 0 Å². The van der Waals surface area contributed by atoms with Crippen molar-refractivity contribution in [1.29, 1.82) is 0 Å². The third kappa shape index (κ3) is 3.03. The zero-order valence-corrected chi connectivity index (χ0v) is 9.85. The molecule has 1 heterocycles. The summed E-state index contributed by atoms with van der Waals surface area (Å²) in [5.74, 6) is 1.16. The summed E-state index contributed by atoms with van der Waals surface area (Å²) in [4.78, 5) is 4.28. The Morgan fingerprint density at radius 3 is 2.53 bits per heavy atom. The molecule has 0 radical (unpaired) electrons. The topological polar surface area (TPSA) is 22.1 Å². The molecule has 2 rings (SSSR count). The van der Waals surface area contributed by atoms with Gasteiger partial charge in [0.05, 0.1) is 6.20 Å². The summed E-state index contributed by atoms with van der Waals surface area (Å²) >= 11 is 0. The van der Waals surface area contributed by atoms with Gasteiger partial charge in [0.2, 0.25) is 0 Å². The van der Waals surface area contributed by atoms with E-state index >= 15 is 0 Å². The fourth-order valence-corrected chi connectivity index (χ4v) is 1.46. The van der Waals surface area contributed by atoms with Gasteiger partial charge in [-0.05, 0) is 30.2 Å². The van der Waals surface area contributed by atoms with Gasteiger partial charge in [0.25, 0.3) is 0 Å². The molecule has 2 aromatic rings. The first-order chi connectivity index (χ1) is 8.15. The molecule has 0 unspecified atom stereocenters. The van der Waals surface area contributed by atoms with Gasteiger partial charge in [-0.1, -0.05) is 19.9 Å². The molecule has 2 nitrogen and oxygen atoms in total. The Balaban J connectivity index is 2.14. The van der Waals surface area contributed by atoms with Crippen LogP contribution in [0.4, 0.5) is 4.39 Å². The van der Waals surface area contributed by atoms with Gasteiger partial charge in [-0.2, -0.15) is 0 Å². The highest BCUT2D eigenvalue weighted by Gasteiger charge is 2.02. The van der Waals surface area contributed by atoms with E-state index in [1.807, 2.05) is 12.1 Å². The predicted octanol–water partition coefficient (Wildman–Crippen LogP) is 4.14. The van der Waals surface area contributed by atoms with Crippen LogP contribution in [0.3, 0.4) is 0 Å². The third-order valence-corrected chi connectivity index (χ3v) is 2.38. The number of pyridine rings is 1. The van der Waals surface area contributed by atoms with Gasteiger partial charge in [-0.25, -0.2) is 4.39 Å². The highest BCUT2D eigenvalue weighted by Crippen LogP contribution is 2.22. The fraction of sp³-hybridized carbons (Fsp3) is 0.214. The Morgan fingerprint density at radius 1 is 1.12 bits per heavy atom. The van der Waals surface area contributed by atoms with E-state index in [2.05, 4.69) is 18.8 Å². The first-order valence-corrected chi connectivity index (χ1v) is 5.54. The van der Waals surface area contributed by atoms with Gasteiger partial charge < -0.3 is 4.74 Å². The summed E-state index contributed by atoms with van der Waals surface area (Å²) < 4.78 is 18.4. The molecule has 0 aliphatic rings. The van der Waals surface area contributed by atoms with E-state index in [0.717, 1.165) is 5.69 Å². The van der Waals surface area contributed by atoms with Gasteiger partial charge in [0.15, 0.2) is 0 Å². The number of benzene rings is 1. The predicted molar refractivity (Wildman–Crippen MR) is 64.8 cm³/mol. The Labute approximate surface area is 100 Å². The molecule has 3 heteroatoms. The van der Waals surface area contributed by atoms with Crippen molar-refractivity contribution in [2.24, 2.45) is 0 Å². The van der Waals surface area contributed by atoms with Crippen molar-refractivity contribution in [1.82, 2.24) is 4.98 Å². The Kier molecular flexibility index (Phi) is 3.38. The molecule has 0 amide bonds. The Bertz CT molecular complexity index is 494. The van der Waals surface area contributed by atoms with Crippen molar-refractivity contribution in [3.63, 3.8) is 0 Å². The number of aromatic nitrogens is 1. The molecule has 88 valence electrons. The molecular weight excluding hydrogens is 217 g/mol. The summed E-state index contributed by atoms with van der Waals surface area (Å²) in [5, 5.41) is 0. The van der Waals surface area contributed by atoms with Crippen molar-refractivity contribution in [3.05, 3.63) is 54.1 Å². The molecule has 0 saturated heterocycles. The van der Waals surface area contributed by atoms with Gasteiger partial charge in [-0.3, -0.25) is 4.98 Å². The maximum absolute atomic E-state index is 12.9. The lowest BCUT2D eigenvalue weighted by Crippen LogP contribution is -1.92. The smallest absolute Gasteiger partial charge is 0.145 e. The lowest BCUT2D eigenvalue weighted by Gasteiger charge is -2.07. The molecule has 0 bridgehead atoms. The van der Waals surface area contributed by atoms with Crippen molar-refractivity contribution < 1.29 is 9.13 Å². The van der Waals surface area contributed by atoms with E-state index in [1.165, 1.54) is 12.1 Å². The van der Waals surface area contributed by atoms with Crippen LogP contribution < -0.4 is 4.74 Å². The minimum atomic E-state index is -0.311. The van der Waals surface area contributed by atoms with E-state index in [-0.39, 0.29) is 5.82 Å². The minimum Gasteiger partial charge on any atom is -0.456 e. The van der Waals surface area contributed by atoms with E-state index in [9.17, 15) is 4.39 Å². The van der Waals surface area contributed by atoms with Gasteiger partial charge in [0, 0.05) is 11.8 Å². The number of nitrogens with zero attached hydrogens (tertiary/aromatic N) is 1. The second-order valence-corrected chi connectivity index (χ2v) is 4.13. The molecule has 0 fully saturated rings. The molecule has 1 aromatic heterocycles. The van der Waals surface area contributed by atoms with Crippen molar-refractivity contribution in [2.45, 2.75) is 19.8 Å². The van der Waals surface area contributed by atoms with E-state index in [0.29, 0.717) is 17.4 Å². The molecule has 17 heavy (non-hydrogen) atoms. The number of hydrogen-bond acceptors (Lipinski definition) is 2. The first kappa shape index (κ1) is 11.6. The number of hydrogen-bond donors (Lipinski definition) is 0. The molecular formula is C14H14FNO. The van der Waals surface area contributed by atoms with Gasteiger partial charge in [0.1, 0.15) is 17.3 Å². The normalized spacial score (nSPS) is 10.6. The summed E-state index contributed by atoms with van der Waals surface area (Å²) in [7, 11) is 0. The van der Waals surface area contributed by atoms with Crippen LogP contribution in [0.5, 0.6) is 11.5 Å². The van der Waals surface area contributed by atoms with Gasteiger partial charge in [-0.15, -0.1) is 0 Å². The second kappa shape index (κ2) is 4.95. The van der Waals surface area contributed by atoms with Crippen LogP contribution >= 0.6 is 0 Å². The average molecular weight is 231 g/mol. The fourth-order valence-electron chi connectivity index (χ4n) is 1.46. The second-order valence-electron chi connectivity index (χ2n) is 4.13. The SMILES string of the molecule is CC(C)c1ccc(Oc2cccc(F)c2)cn1. The van der Waals surface area contributed by atoms with E-state index in [4.69, 9.17) is 4.74 Å². The summed E-state index contributed by atoms with van der Waals surface area (Å²) in [6.45, 7) is 4.16. The van der Waals surface area contributed by atoms with Crippen molar-refractivity contribution in [3.8, 4) is 11.5 Å². The first-order valence-electron chi connectivity index (χ1n) is 5.54. The molecule has 0 atom stereocenters. The van der Waals surface area contributed by atoms with Crippen LogP contribution in [0.1, 0.15) is 25.5 Å². The minimum absolute atomic E-state index is 0.311. The molecule has 0 spiro atoms. The monoisotopic (exact) mass is 231 g/mol. The lowest BCUT2D eigenvalue weighted by atomic mass is 10.1. The zero-order chi connectivity index (χ0) is 12.3. The summed E-state index contributed by atoms with van der Waals surface area (Å²) in [6, 6.07) is 9.80. The molecule has 0 aliphatic heterocycles. The maximum atomic E-state index is 12.9. The highest BCUT2D eigenvalue weighted by molar-refractivity contribution is 5.30. The quantitative estimate of drug-likeness (QED) is 0.792. The molecule has 0 aliphatic carbocycles. The van der Waals surface area contributed by atoms with Crippen LogP contribution in [0.25, 0.3) is 0 Å². The van der Waals surface area contributed by atoms with E-state index < -0.39 is 0 Å². The van der Waals surface area contributed by atoms with Crippen molar-refractivity contribution in [2.75, 3.05) is 0 Å². The number of ether oxygens (including phenoxy) is 1. The standard InChI is InChI=1S/C14H14FNO/c1-10(2)14-7-6-13(9-16-14)17-12-5-3-4-11(15)8-12/h3-10H,1-2H3. The Morgan fingerprint density at radius 2 is 1.94 bits per heavy atom. The highest BCUT2D eigenvalue weighted by atomic mass is 19.1. The third-order valence-electron chi connectivity index (χ3n) is 2.38. The summed E-state index contributed by atoms with van der Waals surface area (Å²) in [5.41, 5.74) is 1.01. The Hall–Kier alpha value is -1.90. The van der Waals surface area contributed by atoms with Crippen LogP contribution in [0.2, 0.25) is 0 Å². The summed E-state index contributed by atoms with van der Waals surface area (Å²) in [6.07, 6.45) is 1.65. The van der Waals surface area contributed by atoms with Crippen molar-refractivity contribution >= 4 is 0 Å². The molecule has 0 N–H and O–H groups in total. The number of rotatable bonds is 3. The largest absolute Gasteiger partial charge is 0.456 e. The number of halogens is 1. The molecule has 1 aromatic carbocycles. The average Bonchev–Trinajstić information content (AvgIpc) is 2.29. The lowest BCUT2D eigenvalue weighted by molar-refractivity contribution is 0.474. The zero-order valence-electron chi connectivity index (χ0n) is 9.85. The van der Waals surface area contributed by atoms with Crippen LogP contribution in [0.15, 0.2) is 42.6 Å². The maximum Gasteiger partial charge on any atom is 0.145 e.